The van der Waals surface area contributed by atoms with Crippen molar-refractivity contribution in [3.05, 3.63) is 35.9 Å². The number of piperidine rings is 1. The highest BCUT2D eigenvalue weighted by Crippen LogP contribution is 2.27. The highest BCUT2D eigenvalue weighted by molar-refractivity contribution is 5.85. The lowest BCUT2D eigenvalue weighted by atomic mass is 9.84. The summed E-state index contributed by atoms with van der Waals surface area (Å²) in [6.45, 7) is 8.59. The third-order valence-electron chi connectivity index (χ3n) is 5.17. The molecule has 6 heteroatoms. The first-order chi connectivity index (χ1) is 11.5. The van der Waals surface area contributed by atoms with Crippen LogP contribution in [-0.4, -0.2) is 55.5 Å². The quantitative estimate of drug-likeness (QED) is 0.708. The van der Waals surface area contributed by atoms with E-state index in [-0.39, 0.29) is 30.7 Å². The summed E-state index contributed by atoms with van der Waals surface area (Å²) in [6, 6.07) is 11.0. The van der Waals surface area contributed by atoms with Gasteiger partial charge in [0, 0.05) is 39.1 Å². The first-order valence-corrected chi connectivity index (χ1v) is 9.19. The number of benzene rings is 1. The molecule has 0 aromatic heterocycles. The van der Waals surface area contributed by atoms with Crippen LogP contribution in [0.3, 0.4) is 0 Å². The van der Waals surface area contributed by atoms with Gasteiger partial charge < -0.3 is 10.2 Å². The summed E-state index contributed by atoms with van der Waals surface area (Å²) >= 11 is 0. The van der Waals surface area contributed by atoms with Gasteiger partial charge in [-0.05, 0) is 37.4 Å². The molecule has 26 heavy (non-hydrogen) atoms. The van der Waals surface area contributed by atoms with Gasteiger partial charge in [-0.2, -0.15) is 0 Å². The molecule has 1 aliphatic rings. The van der Waals surface area contributed by atoms with Crippen LogP contribution in [-0.2, 0) is 11.3 Å². The van der Waals surface area contributed by atoms with Crippen molar-refractivity contribution in [2.45, 2.75) is 39.3 Å². The fraction of sp³-hybridized carbons (Fsp3) is 0.650. The molecule has 0 bridgehead atoms. The molecule has 2 atom stereocenters. The van der Waals surface area contributed by atoms with Crippen LogP contribution in [0, 0.1) is 11.8 Å². The molecular weight excluding hydrogens is 369 g/mol. The van der Waals surface area contributed by atoms with E-state index in [1.54, 1.807) is 0 Å². The van der Waals surface area contributed by atoms with Gasteiger partial charge in [-0.3, -0.25) is 9.69 Å². The molecule has 2 rings (SSSR count). The Balaban J connectivity index is 0.00000312. The molecule has 0 saturated carbocycles. The van der Waals surface area contributed by atoms with Crippen molar-refractivity contribution in [1.82, 2.24) is 15.1 Å². The third-order valence-corrected chi connectivity index (χ3v) is 5.17. The van der Waals surface area contributed by atoms with Crippen LogP contribution in [0.2, 0.25) is 0 Å². The molecule has 0 radical (unpaired) electrons. The Labute approximate surface area is 171 Å². The molecule has 1 heterocycles. The minimum absolute atomic E-state index is 0. The zero-order chi connectivity index (χ0) is 17.5. The smallest absolute Gasteiger partial charge is 0.222 e. The van der Waals surface area contributed by atoms with Crippen LogP contribution >= 0.6 is 24.8 Å². The second kappa shape index (κ2) is 12.6. The minimum Gasteiger partial charge on any atom is -0.342 e. The van der Waals surface area contributed by atoms with E-state index < -0.39 is 0 Å². The number of nitrogens with one attached hydrogen (secondary N) is 1. The molecule has 1 fully saturated rings. The molecule has 1 aliphatic heterocycles. The molecule has 1 saturated heterocycles. The summed E-state index contributed by atoms with van der Waals surface area (Å²) in [5.41, 5.74) is 1.37. The maximum absolute atomic E-state index is 12.5. The standard InChI is InChI=1S/C20H33N3O.2ClH/c1-16-13-23(15-18-9-6-5-7-10-18)14-17(2)20(16)22(4)19(24)11-8-12-21-3;;/h5-7,9-10,16-17,20-21H,8,11-15H2,1-4H3;2*1H. The average molecular weight is 404 g/mol. The van der Waals surface area contributed by atoms with E-state index in [0.717, 1.165) is 32.6 Å². The summed E-state index contributed by atoms with van der Waals surface area (Å²) in [6.07, 6.45) is 1.55. The van der Waals surface area contributed by atoms with Crippen molar-refractivity contribution in [1.29, 1.82) is 0 Å². The van der Waals surface area contributed by atoms with Crippen molar-refractivity contribution in [2.24, 2.45) is 11.8 Å². The average Bonchev–Trinajstić information content (AvgIpc) is 2.55. The van der Waals surface area contributed by atoms with Crippen molar-refractivity contribution in [3.8, 4) is 0 Å². The van der Waals surface area contributed by atoms with Gasteiger partial charge >= 0.3 is 0 Å². The van der Waals surface area contributed by atoms with Crippen molar-refractivity contribution in [2.75, 3.05) is 33.7 Å². The number of likely N-dealkylation sites (tertiary alicyclic amines) is 1. The van der Waals surface area contributed by atoms with Crippen LogP contribution in [0.5, 0.6) is 0 Å². The highest BCUT2D eigenvalue weighted by atomic mass is 35.5. The number of nitrogens with zero attached hydrogens (tertiary/aromatic N) is 2. The van der Waals surface area contributed by atoms with E-state index in [2.05, 4.69) is 54.4 Å². The van der Waals surface area contributed by atoms with Gasteiger partial charge in [0.25, 0.3) is 0 Å². The Bertz CT molecular complexity index is 503. The second-order valence-corrected chi connectivity index (χ2v) is 7.34. The van der Waals surface area contributed by atoms with E-state index in [1.165, 1.54) is 5.56 Å². The normalized spacial score (nSPS) is 22.8. The maximum Gasteiger partial charge on any atom is 0.222 e. The van der Waals surface area contributed by atoms with Gasteiger partial charge in [0.2, 0.25) is 5.91 Å². The molecule has 4 nitrogen and oxygen atoms in total. The molecule has 2 unspecified atom stereocenters. The van der Waals surface area contributed by atoms with Crippen LogP contribution in [0.1, 0.15) is 32.3 Å². The number of halogens is 2. The summed E-state index contributed by atoms with van der Waals surface area (Å²) in [7, 11) is 3.92. The SMILES string of the molecule is CNCCCC(=O)N(C)C1C(C)CN(Cc2ccccc2)CC1C.Cl.Cl. The predicted octanol–water partition coefficient (Wildman–Crippen LogP) is 3.44. The Morgan fingerprint density at radius 1 is 1.15 bits per heavy atom. The van der Waals surface area contributed by atoms with Gasteiger partial charge in [-0.15, -0.1) is 24.8 Å². The largest absolute Gasteiger partial charge is 0.342 e. The van der Waals surface area contributed by atoms with E-state index in [9.17, 15) is 4.79 Å². The Morgan fingerprint density at radius 3 is 2.27 bits per heavy atom. The zero-order valence-electron chi connectivity index (χ0n) is 16.5. The van der Waals surface area contributed by atoms with Crippen LogP contribution in [0.25, 0.3) is 0 Å². The van der Waals surface area contributed by atoms with E-state index in [0.29, 0.717) is 24.3 Å². The lowest BCUT2D eigenvalue weighted by Crippen LogP contribution is -2.55. The second-order valence-electron chi connectivity index (χ2n) is 7.34. The van der Waals surface area contributed by atoms with Gasteiger partial charge in [-0.1, -0.05) is 44.2 Å². The molecule has 1 aromatic carbocycles. The molecular formula is C20H35Cl2N3O. The number of amides is 1. The van der Waals surface area contributed by atoms with Gasteiger partial charge in [0.15, 0.2) is 0 Å². The van der Waals surface area contributed by atoms with E-state index >= 15 is 0 Å². The molecule has 1 aromatic rings. The molecule has 1 amide bonds. The van der Waals surface area contributed by atoms with Crippen LogP contribution in [0.15, 0.2) is 30.3 Å². The zero-order valence-corrected chi connectivity index (χ0v) is 18.1. The summed E-state index contributed by atoms with van der Waals surface area (Å²) < 4.78 is 0. The third kappa shape index (κ3) is 7.07. The monoisotopic (exact) mass is 403 g/mol. The number of hydrogen-bond acceptors (Lipinski definition) is 3. The van der Waals surface area contributed by atoms with E-state index in [4.69, 9.17) is 0 Å². The number of carbonyl (C=O) groups excluding carboxylic acids is 1. The van der Waals surface area contributed by atoms with Gasteiger partial charge in [0.1, 0.15) is 0 Å². The Hall–Kier alpha value is -0.810. The number of hydrogen-bond donors (Lipinski definition) is 1. The number of rotatable bonds is 7. The lowest BCUT2D eigenvalue weighted by Gasteiger charge is -2.45. The van der Waals surface area contributed by atoms with Crippen molar-refractivity contribution < 1.29 is 4.79 Å². The van der Waals surface area contributed by atoms with E-state index in [1.807, 2.05) is 19.0 Å². The maximum atomic E-state index is 12.5. The fourth-order valence-electron chi connectivity index (χ4n) is 4.16. The first-order valence-electron chi connectivity index (χ1n) is 9.19. The van der Waals surface area contributed by atoms with Crippen LogP contribution < -0.4 is 5.32 Å². The fourth-order valence-corrected chi connectivity index (χ4v) is 4.16. The minimum atomic E-state index is 0. The molecule has 150 valence electrons. The summed E-state index contributed by atoms with van der Waals surface area (Å²) in [5, 5.41) is 3.11. The Morgan fingerprint density at radius 2 is 1.73 bits per heavy atom. The lowest BCUT2D eigenvalue weighted by molar-refractivity contribution is -0.135. The van der Waals surface area contributed by atoms with Crippen molar-refractivity contribution >= 4 is 30.7 Å². The molecule has 0 aliphatic carbocycles. The Kier molecular flexibility index (Phi) is 12.2. The first kappa shape index (κ1) is 25.2. The molecule has 1 N–H and O–H groups in total. The molecule has 0 spiro atoms. The van der Waals surface area contributed by atoms with Gasteiger partial charge in [-0.25, -0.2) is 0 Å². The number of carbonyl (C=O) groups is 1. The predicted molar refractivity (Wildman–Crippen MR) is 114 cm³/mol. The summed E-state index contributed by atoms with van der Waals surface area (Å²) in [4.78, 5) is 17.0. The highest BCUT2D eigenvalue weighted by Gasteiger charge is 2.35. The summed E-state index contributed by atoms with van der Waals surface area (Å²) in [5.74, 6) is 1.27. The topological polar surface area (TPSA) is 35.6 Å². The van der Waals surface area contributed by atoms with Crippen LogP contribution in [0.4, 0.5) is 0 Å². The van der Waals surface area contributed by atoms with Crippen molar-refractivity contribution in [3.63, 3.8) is 0 Å². The van der Waals surface area contributed by atoms with Gasteiger partial charge in [0.05, 0.1) is 0 Å².